The van der Waals surface area contributed by atoms with Crippen LogP contribution in [-0.4, -0.2) is 68.5 Å². The second-order valence-corrected chi connectivity index (χ2v) is 8.91. The molecule has 1 aromatic heterocycles. The van der Waals surface area contributed by atoms with E-state index >= 15 is 0 Å². The molecule has 0 saturated carbocycles. The number of aromatic nitrogens is 1. The maximum atomic E-state index is 12.9. The van der Waals surface area contributed by atoms with Gasteiger partial charge in [-0.1, -0.05) is 18.2 Å². The van der Waals surface area contributed by atoms with Gasteiger partial charge in [0, 0.05) is 49.0 Å². The predicted molar refractivity (Wildman–Crippen MR) is 119 cm³/mol. The number of carbonyl (C=O) groups is 2. The van der Waals surface area contributed by atoms with Gasteiger partial charge < -0.3 is 14.5 Å². The molecule has 166 valence electrons. The maximum absolute atomic E-state index is 12.9. The molecule has 1 fully saturated rings. The minimum Gasteiger partial charge on any atom is -0.453 e. The summed E-state index contributed by atoms with van der Waals surface area (Å²) in [6.07, 6.45) is 1.14. The topological polar surface area (TPSA) is 109 Å². The number of pyridine rings is 1. The van der Waals surface area contributed by atoms with Crippen LogP contribution in [0, 0.1) is 0 Å². The summed E-state index contributed by atoms with van der Waals surface area (Å²) in [6, 6.07) is 14.8. The van der Waals surface area contributed by atoms with Gasteiger partial charge in [-0.2, -0.15) is 0 Å². The number of benzene rings is 2. The van der Waals surface area contributed by atoms with Crippen molar-refractivity contribution in [3.63, 3.8) is 0 Å². The van der Waals surface area contributed by atoms with Gasteiger partial charge in [0.1, 0.15) is 4.90 Å². The van der Waals surface area contributed by atoms with Crippen LogP contribution in [0.2, 0.25) is 0 Å². The van der Waals surface area contributed by atoms with E-state index in [9.17, 15) is 18.0 Å². The lowest BCUT2D eigenvalue weighted by Gasteiger charge is -2.33. The van der Waals surface area contributed by atoms with Gasteiger partial charge in [0.15, 0.2) is 0 Å². The molecular formula is C22H22N4O5S. The number of hydrogen-bond acceptors (Lipinski definition) is 6. The number of piperazine rings is 1. The predicted octanol–water partition coefficient (Wildman–Crippen LogP) is 2.56. The Labute approximate surface area is 185 Å². The number of carbonyl (C=O) groups excluding carboxylic acids is 2. The van der Waals surface area contributed by atoms with Crippen molar-refractivity contribution in [2.75, 3.05) is 38.0 Å². The van der Waals surface area contributed by atoms with Gasteiger partial charge in [0.25, 0.3) is 15.9 Å². The second kappa shape index (κ2) is 8.83. The fourth-order valence-corrected chi connectivity index (χ4v) is 4.83. The monoisotopic (exact) mass is 454 g/mol. The molecule has 9 nitrogen and oxygen atoms in total. The van der Waals surface area contributed by atoms with E-state index in [0.29, 0.717) is 42.9 Å². The Morgan fingerprint density at radius 1 is 0.938 bits per heavy atom. The first kappa shape index (κ1) is 21.6. The summed E-state index contributed by atoms with van der Waals surface area (Å²) in [5, 5.41) is 0.726. The lowest BCUT2D eigenvalue weighted by molar-refractivity contribution is 0.0599. The fraction of sp³-hybridized carbons (Fsp3) is 0.227. The number of fused-ring (bicyclic) bond motifs is 1. The van der Waals surface area contributed by atoms with Crippen molar-refractivity contribution in [3.05, 3.63) is 66.4 Å². The lowest BCUT2D eigenvalue weighted by Crippen LogP contribution is -2.50. The standard InChI is InChI=1S/C22H22N4O5S/c1-31-22(28)26-14-12-25(13-15-26)21(27)17-7-9-18(10-8-17)24-32(29,30)19-6-2-4-16-5-3-11-23-20(16)19/h2-11,24H,12-15H2,1H3. The van der Waals surface area contributed by atoms with Crippen LogP contribution in [0.4, 0.5) is 10.5 Å². The number of ether oxygens (including phenoxy) is 1. The Kier molecular flexibility index (Phi) is 5.95. The van der Waals surface area contributed by atoms with Gasteiger partial charge in [0.05, 0.1) is 12.6 Å². The summed E-state index contributed by atoms with van der Waals surface area (Å²) >= 11 is 0. The number of amides is 2. The molecule has 1 N–H and O–H groups in total. The maximum Gasteiger partial charge on any atom is 0.409 e. The number of nitrogens with one attached hydrogen (secondary N) is 1. The minimum absolute atomic E-state index is 0.0826. The summed E-state index contributed by atoms with van der Waals surface area (Å²) in [5.74, 6) is -0.179. The Morgan fingerprint density at radius 3 is 2.28 bits per heavy atom. The first-order valence-electron chi connectivity index (χ1n) is 9.98. The molecule has 0 aliphatic carbocycles. The highest BCUT2D eigenvalue weighted by atomic mass is 32.2. The van der Waals surface area contributed by atoms with Crippen LogP contribution in [0.3, 0.4) is 0 Å². The van der Waals surface area contributed by atoms with Crippen molar-refractivity contribution in [1.82, 2.24) is 14.8 Å². The molecule has 0 bridgehead atoms. The van der Waals surface area contributed by atoms with Crippen LogP contribution in [0.1, 0.15) is 10.4 Å². The molecule has 32 heavy (non-hydrogen) atoms. The van der Waals surface area contributed by atoms with Crippen molar-refractivity contribution in [3.8, 4) is 0 Å². The number of nitrogens with zero attached hydrogens (tertiary/aromatic N) is 3. The highest BCUT2D eigenvalue weighted by molar-refractivity contribution is 7.93. The van der Waals surface area contributed by atoms with E-state index in [0.717, 1.165) is 5.39 Å². The molecule has 2 amide bonds. The van der Waals surface area contributed by atoms with E-state index in [4.69, 9.17) is 4.74 Å². The second-order valence-electron chi connectivity index (χ2n) is 7.26. The summed E-state index contributed by atoms with van der Waals surface area (Å²) in [5.41, 5.74) is 1.16. The average Bonchev–Trinajstić information content (AvgIpc) is 2.83. The third kappa shape index (κ3) is 4.35. The van der Waals surface area contributed by atoms with Crippen LogP contribution in [0.5, 0.6) is 0 Å². The Hall–Kier alpha value is -3.66. The zero-order valence-electron chi connectivity index (χ0n) is 17.4. The SMILES string of the molecule is COC(=O)N1CCN(C(=O)c2ccc(NS(=O)(=O)c3cccc4cccnc34)cc2)CC1. The largest absolute Gasteiger partial charge is 0.453 e. The number of methoxy groups -OCH3 is 1. The summed E-state index contributed by atoms with van der Waals surface area (Å²) < 4.78 is 33.1. The molecule has 1 saturated heterocycles. The van der Waals surface area contributed by atoms with Crippen LogP contribution in [0.15, 0.2) is 65.7 Å². The summed E-state index contributed by atoms with van der Waals surface area (Å²) in [6.45, 7) is 1.59. The summed E-state index contributed by atoms with van der Waals surface area (Å²) in [4.78, 5) is 31.8. The molecule has 2 heterocycles. The van der Waals surface area contributed by atoms with Crippen molar-refractivity contribution in [2.24, 2.45) is 0 Å². The first-order valence-corrected chi connectivity index (χ1v) is 11.5. The highest BCUT2D eigenvalue weighted by Gasteiger charge is 2.25. The molecule has 2 aromatic carbocycles. The normalized spacial score (nSPS) is 14.3. The fourth-order valence-electron chi connectivity index (χ4n) is 3.59. The van der Waals surface area contributed by atoms with Crippen molar-refractivity contribution >= 4 is 38.6 Å². The Bertz CT molecular complexity index is 1250. The van der Waals surface area contributed by atoms with Crippen LogP contribution >= 0.6 is 0 Å². The van der Waals surface area contributed by atoms with Crippen molar-refractivity contribution in [1.29, 1.82) is 0 Å². The van der Waals surface area contributed by atoms with Gasteiger partial charge in [0.2, 0.25) is 0 Å². The summed E-state index contributed by atoms with van der Waals surface area (Å²) in [7, 11) is -2.54. The van der Waals surface area contributed by atoms with Gasteiger partial charge in [-0.15, -0.1) is 0 Å². The molecular weight excluding hydrogens is 432 g/mol. The zero-order chi connectivity index (χ0) is 22.7. The van der Waals surface area contributed by atoms with Crippen molar-refractivity contribution in [2.45, 2.75) is 4.90 Å². The average molecular weight is 455 g/mol. The molecule has 0 spiro atoms. The molecule has 0 radical (unpaired) electrons. The quantitative estimate of drug-likeness (QED) is 0.649. The molecule has 0 unspecified atom stereocenters. The molecule has 0 atom stereocenters. The third-order valence-electron chi connectivity index (χ3n) is 5.27. The lowest BCUT2D eigenvalue weighted by atomic mass is 10.1. The van der Waals surface area contributed by atoms with E-state index in [2.05, 4.69) is 9.71 Å². The number of para-hydroxylation sites is 1. The van der Waals surface area contributed by atoms with Crippen molar-refractivity contribution < 1.29 is 22.7 Å². The molecule has 10 heteroatoms. The van der Waals surface area contributed by atoms with Crippen LogP contribution in [0.25, 0.3) is 10.9 Å². The van der Waals surface area contributed by atoms with Gasteiger partial charge in [-0.3, -0.25) is 14.5 Å². The Morgan fingerprint density at radius 2 is 1.59 bits per heavy atom. The van der Waals surface area contributed by atoms with Gasteiger partial charge >= 0.3 is 6.09 Å². The van der Waals surface area contributed by atoms with E-state index in [-0.39, 0.29) is 10.8 Å². The first-order chi connectivity index (χ1) is 15.4. The smallest absolute Gasteiger partial charge is 0.409 e. The highest BCUT2D eigenvalue weighted by Crippen LogP contribution is 2.23. The number of rotatable bonds is 4. The van der Waals surface area contributed by atoms with Crippen LogP contribution < -0.4 is 4.72 Å². The zero-order valence-corrected chi connectivity index (χ0v) is 18.2. The molecule has 4 rings (SSSR count). The van der Waals surface area contributed by atoms with E-state index in [1.54, 1.807) is 64.5 Å². The number of anilines is 1. The third-order valence-corrected chi connectivity index (χ3v) is 6.68. The number of sulfonamides is 1. The molecule has 1 aliphatic rings. The number of hydrogen-bond donors (Lipinski definition) is 1. The van der Waals surface area contributed by atoms with Crippen LogP contribution in [-0.2, 0) is 14.8 Å². The van der Waals surface area contributed by atoms with E-state index < -0.39 is 16.1 Å². The minimum atomic E-state index is -3.87. The van der Waals surface area contributed by atoms with Gasteiger partial charge in [-0.25, -0.2) is 13.2 Å². The Balaban J connectivity index is 1.46. The van der Waals surface area contributed by atoms with E-state index in [1.165, 1.54) is 13.2 Å². The molecule has 1 aliphatic heterocycles. The molecule has 3 aromatic rings. The van der Waals surface area contributed by atoms with Gasteiger partial charge in [-0.05, 0) is 36.4 Å². The van der Waals surface area contributed by atoms with E-state index in [1.807, 2.05) is 0 Å².